The number of nitrogens with zero attached hydrogens (tertiary/aromatic N) is 3. The number of imide groups is 1. The molecule has 3 heterocycles. The van der Waals surface area contributed by atoms with Crippen molar-refractivity contribution < 1.29 is 28.7 Å². The lowest BCUT2D eigenvalue weighted by molar-refractivity contribution is -0.126. The third-order valence-electron chi connectivity index (χ3n) is 9.13. The number of benzene rings is 1. The zero-order valence-corrected chi connectivity index (χ0v) is 23.7. The molecule has 1 aromatic rings. The second-order valence-electron chi connectivity index (χ2n) is 11.4. The van der Waals surface area contributed by atoms with Crippen molar-refractivity contribution in [1.29, 1.82) is 0 Å². The average Bonchev–Trinajstić information content (AvgIpc) is 3.69. The van der Waals surface area contributed by atoms with Gasteiger partial charge in [-0.2, -0.15) is 0 Å². The third-order valence-corrected chi connectivity index (χ3v) is 9.13. The smallest absolute Gasteiger partial charge is 0.393 e. The van der Waals surface area contributed by atoms with E-state index in [2.05, 4.69) is 5.32 Å². The first-order chi connectivity index (χ1) is 19.8. The molecule has 41 heavy (non-hydrogen) atoms. The van der Waals surface area contributed by atoms with Crippen molar-refractivity contribution in [1.82, 2.24) is 15.1 Å². The number of fused-ring (bicyclic) bond motifs is 5. The normalized spacial score (nSPS) is 29.5. The number of hydrogen-bond donors (Lipinski definition) is 1. The molecule has 0 bridgehead atoms. The summed E-state index contributed by atoms with van der Waals surface area (Å²) in [5.74, 6) is -1.83. The molecule has 10 nitrogen and oxygen atoms in total. The van der Waals surface area contributed by atoms with Crippen LogP contribution in [0.15, 0.2) is 58.4 Å². The molecule has 2 saturated heterocycles. The van der Waals surface area contributed by atoms with Crippen LogP contribution in [0.25, 0.3) is 0 Å². The molecule has 0 spiro atoms. The Bertz CT molecular complexity index is 1380. The summed E-state index contributed by atoms with van der Waals surface area (Å²) in [6.45, 7) is 7.03. The molecule has 3 fully saturated rings. The largest absolute Gasteiger partial charge is 0.424 e. The molecular weight excluding hydrogens is 524 g/mol. The van der Waals surface area contributed by atoms with Crippen molar-refractivity contribution in [2.75, 3.05) is 19.6 Å². The monoisotopic (exact) mass is 560 g/mol. The van der Waals surface area contributed by atoms with E-state index in [0.717, 1.165) is 24.0 Å². The summed E-state index contributed by atoms with van der Waals surface area (Å²) in [4.78, 5) is 61.6. The predicted octanol–water partition coefficient (Wildman–Crippen LogP) is 4.18. The van der Waals surface area contributed by atoms with Crippen LogP contribution in [0.1, 0.15) is 52.0 Å². The fourth-order valence-corrected chi connectivity index (χ4v) is 6.94. The first-order valence-electron chi connectivity index (χ1n) is 14.7. The van der Waals surface area contributed by atoms with Crippen LogP contribution in [0, 0.1) is 23.7 Å². The quantitative estimate of drug-likeness (QED) is 0.477. The van der Waals surface area contributed by atoms with Gasteiger partial charge in [0.15, 0.2) is 0 Å². The highest BCUT2D eigenvalue weighted by Crippen LogP contribution is 2.57. The highest BCUT2D eigenvalue weighted by molar-refractivity contribution is 6.09. The van der Waals surface area contributed by atoms with Gasteiger partial charge in [-0.1, -0.05) is 43.3 Å². The van der Waals surface area contributed by atoms with Gasteiger partial charge in [-0.05, 0) is 56.6 Å². The van der Waals surface area contributed by atoms with E-state index >= 15 is 0 Å². The fraction of sp³-hybridized carbons (Fsp3) is 0.516. The highest BCUT2D eigenvalue weighted by atomic mass is 16.6. The molecule has 0 aromatic heterocycles. The van der Waals surface area contributed by atoms with Crippen LogP contribution in [0.5, 0.6) is 0 Å². The van der Waals surface area contributed by atoms with Crippen LogP contribution >= 0.6 is 0 Å². The minimum atomic E-state index is -1.30. The summed E-state index contributed by atoms with van der Waals surface area (Å²) >= 11 is 0. The molecule has 3 aliphatic heterocycles. The number of amides is 4. The zero-order valence-electron chi connectivity index (χ0n) is 23.7. The van der Waals surface area contributed by atoms with Gasteiger partial charge >= 0.3 is 12.2 Å². The van der Waals surface area contributed by atoms with E-state index in [4.69, 9.17) is 14.5 Å². The molecule has 216 valence electrons. The van der Waals surface area contributed by atoms with Gasteiger partial charge in [0.05, 0.1) is 11.8 Å². The highest BCUT2D eigenvalue weighted by Gasteiger charge is 2.69. The Morgan fingerprint density at radius 3 is 2.51 bits per heavy atom. The summed E-state index contributed by atoms with van der Waals surface area (Å²) in [5, 5.41) is 2.54. The Morgan fingerprint density at radius 2 is 1.85 bits per heavy atom. The van der Waals surface area contributed by atoms with Crippen molar-refractivity contribution in [3.8, 4) is 0 Å². The molecule has 1 saturated carbocycles. The molecule has 10 heteroatoms. The van der Waals surface area contributed by atoms with Gasteiger partial charge in [0, 0.05) is 37.5 Å². The molecular formula is C31H36N4O6. The van der Waals surface area contributed by atoms with Crippen molar-refractivity contribution in [3.63, 3.8) is 0 Å². The standard InChI is InChI=1S/C31H36N4O6/c1-4-20-21-14-15-22-23(26(37)33-25(22)36)24(21)31(16-18-10-8-7-9-11-18)28(32-17-19-12-13-19)41-30(39)35(31)27(20)40-29(38)34(5-2)6-3/h7-11,14,19,22-24H,4-6,12-13,15-17H2,1-3H3,(H,33,36,37)/t22?,23?,24?,31-/m0/s1. The maximum Gasteiger partial charge on any atom is 0.424 e. The predicted molar refractivity (Wildman–Crippen MR) is 149 cm³/mol. The van der Waals surface area contributed by atoms with Crippen LogP contribution < -0.4 is 5.32 Å². The van der Waals surface area contributed by atoms with Gasteiger partial charge in [-0.3, -0.25) is 19.9 Å². The van der Waals surface area contributed by atoms with E-state index in [-0.39, 0.29) is 30.0 Å². The summed E-state index contributed by atoms with van der Waals surface area (Å²) in [7, 11) is 0. The lowest BCUT2D eigenvalue weighted by Gasteiger charge is -2.50. The summed E-state index contributed by atoms with van der Waals surface area (Å²) in [6, 6.07) is 9.66. The number of ether oxygens (including phenoxy) is 2. The molecule has 4 atom stereocenters. The van der Waals surface area contributed by atoms with Crippen molar-refractivity contribution >= 4 is 29.9 Å². The Kier molecular flexibility index (Phi) is 6.95. The van der Waals surface area contributed by atoms with Crippen molar-refractivity contribution in [2.45, 2.75) is 58.4 Å². The van der Waals surface area contributed by atoms with Gasteiger partial charge in [0.1, 0.15) is 5.54 Å². The van der Waals surface area contributed by atoms with Gasteiger partial charge in [-0.25, -0.2) is 14.5 Å². The topological polar surface area (TPSA) is 118 Å². The molecule has 1 N–H and O–H groups in total. The number of nitrogens with one attached hydrogen (secondary N) is 1. The van der Waals surface area contributed by atoms with E-state index in [1.165, 1.54) is 4.90 Å². The van der Waals surface area contributed by atoms with E-state index < -0.39 is 35.5 Å². The third kappa shape index (κ3) is 4.35. The first-order valence-corrected chi connectivity index (χ1v) is 14.7. The SMILES string of the molecule is CCC1=C(OC(=O)N(CC)CC)N2C(=O)OC(=NCC3CC3)[C@]2(Cc2ccccc2)C2C1=CCC1C(=O)NC(=O)C12. The minimum absolute atomic E-state index is 0.118. The number of rotatable bonds is 8. The first kappa shape index (κ1) is 27.2. The molecule has 4 amide bonds. The fourth-order valence-electron chi connectivity index (χ4n) is 6.94. The van der Waals surface area contributed by atoms with Crippen LogP contribution in [0.4, 0.5) is 9.59 Å². The Labute approximate surface area is 239 Å². The lowest BCUT2D eigenvalue weighted by Crippen LogP contribution is -2.63. The van der Waals surface area contributed by atoms with Crippen LogP contribution in [-0.2, 0) is 25.5 Å². The zero-order chi connectivity index (χ0) is 28.9. The van der Waals surface area contributed by atoms with Crippen molar-refractivity contribution in [3.05, 3.63) is 59.0 Å². The number of cyclic esters (lactones) is 1. The Morgan fingerprint density at radius 1 is 1.12 bits per heavy atom. The van der Waals surface area contributed by atoms with Crippen molar-refractivity contribution in [2.24, 2.45) is 28.7 Å². The van der Waals surface area contributed by atoms with Gasteiger partial charge < -0.3 is 14.4 Å². The Balaban J connectivity index is 1.60. The Hall–Kier alpha value is -3.95. The summed E-state index contributed by atoms with van der Waals surface area (Å²) < 4.78 is 12.1. The van der Waals surface area contributed by atoms with Gasteiger partial charge in [0.25, 0.3) is 0 Å². The second-order valence-corrected chi connectivity index (χ2v) is 11.4. The molecule has 2 aliphatic carbocycles. The molecule has 1 aromatic carbocycles. The number of aliphatic imine (C=N–C) groups is 1. The van der Waals surface area contributed by atoms with Crippen LogP contribution in [0.3, 0.4) is 0 Å². The molecule has 6 rings (SSSR count). The van der Waals surface area contributed by atoms with E-state index in [1.54, 1.807) is 4.90 Å². The number of allylic oxidation sites excluding steroid dienone is 2. The lowest BCUT2D eigenvalue weighted by atomic mass is 9.59. The minimum Gasteiger partial charge on any atom is -0.393 e. The van der Waals surface area contributed by atoms with E-state index in [1.807, 2.05) is 57.2 Å². The summed E-state index contributed by atoms with van der Waals surface area (Å²) in [6.07, 6.45) is 3.91. The summed E-state index contributed by atoms with van der Waals surface area (Å²) in [5.41, 5.74) is 1.06. The van der Waals surface area contributed by atoms with E-state index in [0.29, 0.717) is 44.0 Å². The number of hydrogen-bond acceptors (Lipinski definition) is 7. The number of carbonyl (C=O) groups excluding carboxylic acids is 4. The maximum absolute atomic E-state index is 13.9. The number of carbonyl (C=O) groups is 4. The van der Waals surface area contributed by atoms with Gasteiger partial charge in [-0.15, -0.1) is 0 Å². The average molecular weight is 561 g/mol. The molecule has 0 radical (unpaired) electrons. The second kappa shape index (κ2) is 10.5. The van der Waals surface area contributed by atoms with Crippen LogP contribution in [-0.4, -0.2) is 64.9 Å². The van der Waals surface area contributed by atoms with Crippen LogP contribution in [0.2, 0.25) is 0 Å². The maximum atomic E-state index is 13.9. The molecule has 3 unspecified atom stereocenters. The molecule has 5 aliphatic rings. The van der Waals surface area contributed by atoms with Gasteiger partial charge in [0.2, 0.25) is 23.6 Å². The van der Waals surface area contributed by atoms with E-state index in [9.17, 15) is 19.2 Å².